The maximum atomic E-state index is 11.9. The van der Waals surface area contributed by atoms with Gasteiger partial charge in [-0.1, -0.05) is 19.8 Å². The van der Waals surface area contributed by atoms with Crippen LogP contribution in [-0.2, 0) is 14.8 Å². The molecule has 164 valence electrons. The Morgan fingerprint density at radius 2 is 2.00 bits per heavy atom. The molecule has 9 nitrogen and oxygen atoms in total. The molecular weight excluding hydrogens is 382 g/mol. The fourth-order valence-electron chi connectivity index (χ4n) is 2.83. The van der Waals surface area contributed by atoms with Crippen LogP contribution in [0.1, 0.15) is 53.4 Å². The summed E-state index contributed by atoms with van der Waals surface area (Å²) in [5.74, 6) is 0.818. The van der Waals surface area contributed by atoms with Gasteiger partial charge in [0, 0.05) is 39.3 Å². The highest BCUT2D eigenvalue weighted by molar-refractivity contribution is 7.89. The van der Waals surface area contributed by atoms with E-state index in [-0.39, 0.29) is 11.8 Å². The van der Waals surface area contributed by atoms with E-state index < -0.39 is 21.7 Å². The first-order valence-electron chi connectivity index (χ1n) is 9.99. The summed E-state index contributed by atoms with van der Waals surface area (Å²) in [5.41, 5.74) is -0.538. The lowest BCUT2D eigenvalue weighted by molar-refractivity contribution is 0.0522. The van der Waals surface area contributed by atoms with Crippen LogP contribution >= 0.6 is 0 Å². The lowest BCUT2D eigenvalue weighted by Crippen LogP contribution is -2.50. The van der Waals surface area contributed by atoms with Gasteiger partial charge in [-0.2, -0.15) is 0 Å². The first-order chi connectivity index (χ1) is 13.1. The van der Waals surface area contributed by atoms with E-state index in [1.807, 2.05) is 20.8 Å². The van der Waals surface area contributed by atoms with Crippen molar-refractivity contribution >= 4 is 22.1 Å². The molecule has 0 radical (unpaired) electrons. The molecule has 1 unspecified atom stereocenters. The molecule has 1 aliphatic heterocycles. The van der Waals surface area contributed by atoms with Gasteiger partial charge in [0.25, 0.3) is 0 Å². The number of hydrogen-bond acceptors (Lipinski definition) is 5. The molecule has 3 N–H and O–H groups in total. The van der Waals surface area contributed by atoms with Crippen molar-refractivity contribution in [3.8, 4) is 0 Å². The monoisotopic (exact) mass is 419 g/mol. The molecule has 0 aromatic carbocycles. The van der Waals surface area contributed by atoms with Crippen molar-refractivity contribution < 1.29 is 17.9 Å². The van der Waals surface area contributed by atoms with Crippen molar-refractivity contribution in [2.45, 2.75) is 65.0 Å². The summed E-state index contributed by atoms with van der Waals surface area (Å²) in [6, 6.07) is -0.00538. The van der Waals surface area contributed by atoms with Gasteiger partial charge in [-0.25, -0.2) is 17.5 Å². The second-order valence-electron chi connectivity index (χ2n) is 7.93. The van der Waals surface area contributed by atoms with Crippen LogP contribution in [0.25, 0.3) is 0 Å². The molecular formula is C18H37N5O4S. The maximum Gasteiger partial charge on any atom is 0.407 e. The number of carbonyl (C=O) groups excluding carboxylic acids is 1. The van der Waals surface area contributed by atoms with Crippen LogP contribution in [0.4, 0.5) is 4.79 Å². The van der Waals surface area contributed by atoms with E-state index in [1.54, 1.807) is 7.05 Å². The highest BCUT2D eigenvalue weighted by Gasteiger charge is 2.27. The summed E-state index contributed by atoms with van der Waals surface area (Å²) in [7, 11) is -1.42. The van der Waals surface area contributed by atoms with Crippen LogP contribution in [0.5, 0.6) is 0 Å². The number of carbonyl (C=O) groups is 1. The summed E-state index contributed by atoms with van der Waals surface area (Å²) in [6.07, 6.45) is 3.16. The third kappa shape index (κ3) is 9.59. The maximum absolute atomic E-state index is 11.9. The first-order valence-corrected chi connectivity index (χ1v) is 11.6. The summed E-state index contributed by atoms with van der Waals surface area (Å²) in [4.78, 5) is 16.1. The van der Waals surface area contributed by atoms with E-state index >= 15 is 0 Å². The number of hydrogen-bond donors (Lipinski definition) is 3. The van der Waals surface area contributed by atoms with E-state index in [0.29, 0.717) is 38.6 Å². The minimum absolute atomic E-state index is 0.00538. The minimum Gasteiger partial charge on any atom is -0.444 e. The van der Waals surface area contributed by atoms with Crippen molar-refractivity contribution in [2.75, 3.05) is 39.0 Å². The molecule has 1 fully saturated rings. The fourth-order valence-corrected chi connectivity index (χ4v) is 4.35. The lowest BCUT2D eigenvalue weighted by atomic mass is 10.1. The second kappa shape index (κ2) is 11.5. The number of alkyl carbamates (subject to hydrolysis) is 1. The van der Waals surface area contributed by atoms with Crippen molar-refractivity contribution in [3.05, 3.63) is 0 Å². The predicted octanol–water partition coefficient (Wildman–Crippen LogP) is 1.27. The molecule has 0 bridgehead atoms. The molecule has 1 atom stereocenters. The zero-order chi connectivity index (χ0) is 21.2. The predicted molar refractivity (Wildman–Crippen MR) is 112 cm³/mol. The molecule has 1 rings (SSSR count). The van der Waals surface area contributed by atoms with E-state index in [0.717, 1.165) is 19.3 Å². The molecule has 10 heteroatoms. The number of rotatable bonds is 9. The van der Waals surface area contributed by atoms with Gasteiger partial charge in [0.05, 0.1) is 5.75 Å². The van der Waals surface area contributed by atoms with Crippen molar-refractivity contribution in [1.29, 1.82) is 0 Å². The number of sulfonamides is 1. The Morgan fingerprint density at radius 3 is 2.54 bits per heavy atom. The third-order valence-corrected chi connectivity index (χ3v) is 6.18. The van der Waals surface area contributed by atoms with Gasteiger partial charge in [-0.05, 0) is 33.6 Å². The highest BCUT2D eigenvalue weighted by atomic mass is 32.2. The molecule has 1 aliphatic rings. The van der Waals surface area contributed by atoms with Crippen LogP contribution < -0.4 is 16.0 Å². The molecule has 0 spiro atoms. The molecule has 28 heavy (non-hydrogen) atoms. The highest BCUT2D eigenvalue weighted by Crippen LogP contribution is 2.11. The Bertz CT molecular complexity index is 616. The third-order valence-electron chi connectivity index (χ3n) is 4.22. The van der Waals surface area contributed by atoms with Crippen LogP contribution in [-0.4, -0.2) is 75.4 Å². The van der Waals surface area contributed by atoms with Gasteiger partial charge < -0.3 is 20.7 Å². The smallest absolute Gasteiger partial charge is 0.407 e. The summed E-state index contributed by atoms with van der Waals surface area (Å²) in [6.45, 7) is 9.47. The molecule has 1 saturated heterocycles. The zero-order valence-electron chi connectivity index (χ0n) is 17.9. The van der Waals surface area contributed by atoms with E-state index in [9.17, 15) is 13.2 Å². The van der Waals surface area contributed by atoms with Crippen molar-refractivity contribution in [3.63, 3.8) is 0 Å². The molecule has 1 heterocycles. The molecule has 0 aromatic rings. The fraction of sp³-hybridized carbons (Fsp3) is 0.889. The van der Waals surface area contributed by atoms with Gasteiger partial charge in [0.2, 0.25) is 10.0 Å². The number of nitrogens with one attached hydrogen (secondary N) is 3. The Morgan fingerprint density at radius 1 is 1.29 bits per heavy atom. The average Bonchev–Trinajstić information content (AvgIpc) is 2.92. The van der Waals surface area contributed by atoms with E-state index in [1.165, 1.54) is 4.31 Å². The molecule has 0 saturated carbocycles. The second-order valence-corrected chi connectivity index (χ2v) is 10.0. The molecule has 0 aliphatic carbocycles. The normalized spacial score (nSPS) is 18.5. The van der Waals surface area contributed by atoms with Gasteiger partial charge in [-0.15, -0.1) is 0 Å². The SMILES string of the molecule is CCCCC(CNC(=O)OC(C)(C)C)NC(=NC)NCCN1CCCS1(=O)=O. The van der Waals surface area contributed by atoms with Gasteiger partial charge in [0.1, 0.15) is 5.60 Å². The molecule has 1 amide bonds. The number of amides is 1. The summed E-state index contributed by atoms with van der Waals surface area (Å²) >= 11 is 0. The number of ether oxygens (including phenoxy) is 1. The number of nitrogens with zero attached hydrogens (tertiary/aromatic N) is 2. The Balaban J connectivity index is 2.49. The van der Waals surface area contributed by atoms with Crippen LogP contribution in [0.3, 0.4) is 0 Å². The minimum atomic E-state index is -3.09. The summed E-state index contributed by atoms with van der Waals surface area (Å²) < 4.78 is 30.5. The van der Waals surface area contributed by atoms with Crippen LogP contribution in [0.2, 0.25) is 0 Å². The lowest BCUT2D eigenvalue weighted by Gasteiger charge is -2.24. The quantitative estimate of drug-likeness (QED) is 0.383. The number of unbranched alkanes of at least 4 members (excludes halogenated alkanes) is 1. The Hall–Kier alpha value is -1.55. The Kier molecular flexibility index (Phi) is 10.0. The number of aliphatic imine (C=N–C) groups is 1. The first kappa shape index (κ1) is 24.5. The zero-order valence-corrected chi connectivity index (χ0v) is 18.7. The topological polar surface area (TPSA) is 112 Å². The standard InChI is InChI=1S/C18H37N5O4S/c1-6-7-9-15(14-21-17(24)27-18(2,3)4)22-16(19-5)20-10-12-23-11-8-13-28(23,25)26/h15H,6-14H2,1-5H3,(H,21,24)(H2,19,20,22). The largest absolute Gasteiger partial charge is 0.444 e. The van der Waals surface area contributed by atoms with Crippen molar-refractivity contribution in [1.82, 2.24) is 20.3 Å². The Labute approximate surface area is 169 Å². The van der Waals surface area contributed by atoms with E-state index in [4.69, 9.17) is 4.74 Å². The van der Waals surface area contributed by atoms with Gasteiger partial charge >= 0.3 is 6.09 Å². The van der Waals surface area contributed by atoms with Gasteiger partial charge in [-0.3, -0.25) is 4.99 Å². The number of guanidine groups is 1. The van der Waals surface area contributed by atoms with E-state index in [2.05, 4.69) is 27.9 Å². The van der Waals surface area contributed by atoms with Crippen molar-refractivity contribution in [2.24, 2.45) is 4.99 Å². The molecule has 0 aromatic heterocycles. The average molecular weight is 420 g/mol. The van der Waals surface area contributed by atoms with Gasteiger partial charge in [0.15, 0.2) is 5.96 Å². The van der Waals surface area contributed by atoms with Crippen LogP contribution in [0, 0.1) is 0 Å². The van der Waals surface area contributed by atoms with Crippen LogP contribution in [0.15, 0.2) is 4.99 Å². The summed E-state index contributed by atoms with van der Waals surface area (Å²) in [5, 5.41) is 9.25.